The fraction of sp³-hybridized carbons (Fsp3) is 0.696. The van der Waals surface area contributed by atoms with Gasteiger partial charge in [0, 0.05) is 37.0 Å². The average Bonchev–Trinajstić information content (AvgIpc) is 2.96. The third-order valence-electron chi connectivity index (χ3n) is 7.13. The van der Waals surface area contributed by atoms with Gasteiger partial charge >= 0.3 is 0 Å². The highest BCUT2D eigenvalue weighted by Gasteiger charge is 2.73. The van der Waals surface area contributed by atoms with Crippen molar-refractivity contribution in [3.05, 3.63) is 24.3 Å². The molecule has 1 N–H and O–H groups in total. The summed E-state index contributed by atoms with van der Waals surface area (Å²) in [7, 11) is 0. The molecule has 1 unspecified atom stereocenters. The number of aliphatic hydroxyl groups excluding tert-OH is 1. The largest absolute Gasteiger partial charge is 0.395 e. The Labute approximate surface area is 188 Å². The van der Waals surface area contributed by atoms with Crippen molar-refractivity contribution < 1.29 is 19.5 Å². The van der Waals surface area contributed by atoms with Gasteiger partial charge in [0.05, 0.1) is 23.2 Å². The molecular weight excluding hydrogens is 414 g/mol. The van der Waals surface area contributed by atoms with Crippen molar-refractivity contribution in [2.75, 3.05) is 32.8 Å². The minimum absolute atomic E-state index is 0.00696. The standard InChI is InChI=1S/C23H33N3O4S/c1-5-10-24-11-6-8-22(4)16(19(24)28)17-20(29)26(13-14-27)18-21(30)25(15(2)3)12-7-9-23(17,18)31-22/h6-9,15-18,27H,5,10-14H2,1-4H3/t16-,17-,18?,22+,23-/m0/s1. The molecule has 2 fully saturated rings. The molecule has 0 aromatic heterocycles. The normalized spacial score (nSPS) is 37.3. The molecule has 3 amide bonds. The summed E-state index contributed by atoms with van der Waals surface area (Å²) in [6.45, 7) is 9.57. The van der Waals surface area contributed by atoms with Crippen LogP contribution in [0, 0.1) is 11.8 Å². The smallest absolute Gasteiger partial charge is 0.247 e. The van der Waals surface area contributed by atoms with Gasteiger partial charge in [-0.15, -0.1) is 11.8 Å². The molecule has 1 spiro atoms. The van der Waals surface area contributed by atoms with E-state index in [1.165, 1.54) is 4.90 Å². The number of thioether (sulfide) groups is 1. The number of β-amino-alcohol motifs (C(OH)–C–C–N with tert-alkyl or cyclic N) is 1. The molecule has 31 heavy (non-hydrogen) atoms. The van der Waals surface area contributed by atoms with E-state index in [2.05, 4.69) is 6.08 Å². The van der Waals surface area contributed by atoms with Gasteiger partial charge in [0.25, 0.3) is 0 Å². The van der Waals surface area contributed by atoms with Gasteiger partial charge in [0.15, 0.2) is 0 Å². The van der Waals surface area contributed by atoms with Crippen LogP contribution in [-0.4, -0.2) is 91.9 Å². The van der Waals surface area contributed by atoms with Gasteiger partial charge in [0.2, 0.25) is 17.7 Å². The monoisotopic (exact) mass is 447 g/mol. The Balaban J connectivity index is 1.86. The summed E-state index contributed by atoms with van der Waals surface area (Å²) in [6.07, 6.45) is 8.97. The minimum Gasteiger partial charge on any atom is -0.395 e. The van der Waals surface area contributed by atoms with E-state index in [1.54, 1.807) is 16.7 Å². The number of rotatable bonds is 5. The number of carbonyl (C=O) groups excluding carboxylic acids is 3. The van der Waals surface area contributed by atoms with E-state index in [9.17, 15) is 19.5 Å². The van der Waals surface area contributed by atoms with Crippen LogP contribution in [0.4, 0.5) is 0 Å². The molecule has 4 aliphatic rings. The maximum atomic E-state index is 13.8. The zero-order valence-corrected chi connectivity index (χ0v) is 19.6. The summed E-state index contributed by atoms with van der Waals surface area (Å²) in [6, 6.07) is -0.723. The molecule has 170 valence electrons. The Bertz CT molecular complexity index is 843. The quantitative estimate of drug-likeness (QED) is 0.642. The lowest BCUT2D eigenvalue weighted by molar-refractivity contribution is -0.145. The Kier molecular flexibility index (Phi) is 5.75. The van der Waals surface area contributed by atoms with Crippen molar-refractivity contribution in [3.8, 4) is 0 Å². The Morgan fingerprint density at radius 3 is 2.42 bits per heavy atom. The van der Waals surface area contributed by atoms with Crippen molar-refractivity contribution in [3.63, 3.8) is 0 Å². The first-order valence-corrected chi connectivity index (χ1v) is 12.1. The molecule has 0 aliphatic carbocycles. The second-order valence-electron chi connectivity index (χ2n) is 9.43. The van der Waals surface area contributed by atoms with Gasteiger partial charge in [-0.2, -0.15) is 0 Å². The Morgan fingerprint density at radius 1 is 1.06 bits per heavy atom. The maximum absolute atomic E-state index is 13.8. The summed E-state index contributed by atoms with van der Waals surface area (Å²) in [5.74, 6) is -1.46. The van der Waals surface area contributed by atoms with E-state index in [-0.39, 0.29) is 36.9 Å². The molecule has 0 bridgehead atoms. The highest BCUT2D eigenvalue weighted by Crippen LogP contribution is 2.65. The third kappa shape index (κ3) is 3.17. The highest BCUT2D eigenvalue weighted by molar-refractivity contribution is 8.02. The minimum atomic E-state index is -0.818. The van der Waals surface area contributed by atoms with E-state index in [1.807, 2.05) is 50.8 Å². The first kappa shape index (κ1) is 22.4. The van der Waals surface area contributed by atoms with E-state index in [0.29, 0.717) is 19.6 Å². The Morgan fingerprint density at radius 2 is 1.77 bits per heavy atom. The number of hydrogen-bond acceptors (Lipinski definition) is 5. The van der Waals surface area contributed by atoms with Crippen LogP contribution >= 0.6 is 11.8 Å². The van der Waals surface area contributed by atoms with Crippen LogP contribution in [-0.2, 0) is 14.4 Å². The fourth-order valence-corrected chi connectivity index (χ4v) is 8.03. The summed E-state index contributed by atoms with van der Waals surface area (Å²) >= 11 is 1.59. The molecule has 7 nitrogen and oxygen atoms in total. The molecule has 4 aliphatic heterocycles. The second kappa shape index (κ2) is 7.96. The van der Waals surface area contributed by atoms with Crippen molar-refractivity contribution in [1.29, 1.82) is 0 Å². The van der Waals surface area contributed by atoms with Gasteiger partial charge in [0.1, 0.15) is 6.04 Å². The number of nitrogens with zero attached hydrogens (tertiary/aromatic N) is 3. The maximum Gasteiger partial charge on any atom is 0.247 e. The first-order chi connectivity index (χ1) is 14.7. The van der Waals surface area contributed by atoms with E-state index in [0.717, 1.165) is 6.42 Å². The molecule has 8 heteroatoms. The molecule has 4 heterocycles. The summed E-state index contributed by atoms with van der Waals surface area (Å²) in [5.41, 5.74) is 0. The number of aliphatic hydroxyl groups is 1. The number of likely N-dealkylation sites (tertiary alicyclic amines) is 1. The molecule has 2 saturated heterocycles. The lowest BCUT2D eigenvalue weighted by atomic mass is 9.74. The number of hydrogen-bond donors (Lipinski definition) is 1. The van der Waals surface area contributed by atoms with Gasteiger partial charge in [-0.1, -0.05) is 31.2 Å². The van der Waals surface area contributed by atoms with Crippen LogP contribution in [0.3, 0.4) is 0 Å². The van der Waals surface area contributed by atoms with Crippen LogP contribution in [0.15, 0.2) is 24.3 Å². The van der Waals surface area contributed by atoms with E-state index >= 15 is 0 Å². The second-order valence-corrected chi connectivity index (χ2v) is 11.2. The zero-order chi connectivity index (χ0) is 22.6. The summed E-state index contributed by atoms with van der Waals surface area (Å²) < 4.78 is -1.39. The van der Waals surface area contributed by atoms with Crippen LogP contribution in [0.5, 0.6) is 0 Å². The van der Waals surface area contributed by atoms with Crippen LogP contribution < -0.4 is 0 Å². The van der Waals surface area contributed by atoms with Gasteiger partial charge in [-0.25, -0.2) is 0 Å². The number of carbonyl (C=O) groups is 3. The molecule has 0 aromatic carbocycles. The molecule has 4 rings (SSSR count). The predicted octanol–water partition coefficient (Wildman–Crippen LogP) is 1.28. The molecule has 0 radical (unpaired) electrons. The van der Waals surface area contributed by atoms with Crippen LogP contribution in [0.25, 0.3) is 0 Å². The Hall–Kier alpha value is -1.80. The van der Waals surface area contributed by atoms with Crippen LogP contribution in [0.1, 0.15) is 34.1 Å². The topological polar surface area (TPSA) is 81.2 Å². The zero-order valence-electron chi connectivity index (χ0n) is 18.8. The number of fused-ring (bicyclic) bond motifs is 2. The first-order valence-electron chi connectivity index (χ1n) is 11.3. The third-order valence-corrected chi connectivity index (χ3v) is 8.93. The van der Waals surface area contributed by atoms with Crippen LogP contribution in [0.2, 0.25) is 0 Å². The van der Waals surface area contributed by atoms with Gasteiger partial charge in [-0.05, 0) is 27.2 Å². The SMILES string of the molecule is CCCN1CC=C[C@@]2(C)S[C@]34C=CCN(C(C)C)C(=O)C3N(CCO)C(=O)[C@@H]4[C@H]2C1=O. The molecule has 5 atom stereocenters. The molecule has 0 aromatic rings. The molecule has 0 saturated carbocycles. The van der Waals surface area contributed by atoms with Crippen molar-refractivity contribution >= 4 is 29.5 Å². The summed E-state index contributed by atoms with van der Waals surface area (Å²) in [5, 5.41) is 9.69. The van der Waals surface area contributed by atoms with E-state index < -0.39 is 27.4 Å². The molecular formula is C23H33N3O4S. The fourth-order valence-electron chi connectivity index (χ4n) is 5.87. The average molecular weight is 448 g/mol. The van der Waals surface area contributed by atoms with Crippen molar-refractivity contribution in [2.24, 2.45) is 11.8 Å². The van der Waals surface area contributed by atoms with Gasteiger partial charge in [-0.3, -0.25) is 14.4 Å². The predicted molar refractivity (Wildman–Crippen MR) is 120 cm³/mol. The van der Waals surface area contributed by atoms with Crippen molar-refractivity contribution in [1.82, 2.24) is 14.7 Å². The van der Waals surface area contributed by atoms with E-state index in [4.69, 9.17) is 0 Å². The lowest BCUT2D eigenvalue weighted by Gasteiger charge is -2.37. The number of amides is 3. The summed E-state index contributed by atoms with van der Waals surface area (Å²) in [4.78, 5) is 46.4. The van der Waals surface area contributed by atoms with Crippen molar-refractivity contribution in [2.45, 2.75) is 55.7 Å². The highest BCUT2D eigenvalue weighted by atomic mass is 32.2. The van der Waals surface area contributed by atoms with Gasteiger partial charge < -0.3 is 19.8 Å². The lowest BCUT2D eigenvalue weighted by Crippen LogP contribution is -2.55.